The van der Waals surface area contributed by atoms with Crippen LogP contribution in [0.2, 0.25) is 0 Å². The van der Waals surface area contributed by atoms with Gasteiger partial charge in [-0.3, -0.25) is 4.57 Å². The average molecular weight is 561 g/mol. The van der Waals surface area contributed by atoms with Crippen molar-refractivity contribution in [2.45, 2.75) is 51.9 Å². The molecule has 0 radical (unpaired) electrons. The van der Waals surface area contributed by atoms with Crippen molar-refractivity contribution >= 4 is 34.0 Å². The molecule has 0 saturated carbocycles. The molecule has 1 aliphatic heterocycles. The quantitative estimate of drug-likeness (QED) is 0.225. The summed E-state index contributed by atoms with van der Waals surface area (Å²) in [5, 5.41) is 16.6. The summed E-state index contributed by atoms with van der Waals surface area (Å²) in [6, 6.07) is 18.2. The molecule has 2 unspecified atom stereocenters. The second kappa shape index (κ2) is 12.7. The molecular formula is C31H40N6O4. The number of anilines is 1. The van der Waals surface area contributed by atoms with Gasteiger partial charge in [0.2, 0.25) is 5.95 Å². The van der Waals surface area contributed by atoms with E-state index >= 15 is 0 Å². The smallest absolute Gasteiger partial charge is 0.404 e. The van der Waals surface area contributed by atoms with Crippen LogP contribution in [0.25, 0.3) is 21.9 Å². The Morgan fingerprint density at radius 2 is 1.78 bits per heavy atom. The number of para-hydroxylation sites is 3. The van der Waals surface area contributed by atoms with E-state index in [0.29, 0.717) is 24.6 Å². The number of hydrogen-bond donors (Lipinski definition) is 3. The summed E-state index contributed by atoms with van der Waals surface area (Å²) in [7, 11) is 1.66. The zero-order valence-corrected chi connectivity index (χ0v) is 24.2. The Balaban J connectivity index is 1.43. The number of pyridine rings is 1. The van der Waals surface area contributed by atoms with E-state index in [-0.39, 0.29) is 18.0 Å². The van der Waals surface area contributed by atoms with Gasteiger partial charge >= 0.3 is 6.09 Å². The molecule has 1 amide bonds. The highest BCUT2D eigenvalue weighted by molar-refractivity contribution is 5.81. The summed E-state index contributed by atoms with van der Waals surface area (Å²) >= 11 is 0. The van der Waals surface area contributed by atoms with Crippen molar-refractivity contribution in [3.05, 3.63) is 60.3 Å². The van der Waals surface area contributed by atoms with Crippen molar-refractivity contribution in [1.29, 1.82) is 0 Å². The van der Waals surface area contributed by atoms with E-state index in [0.717, 1.165) is 53.8 Å². The average Bonchev–Trinajstić information content (AvgIpc) is 3.33. The Hall–Kier alpha value is -3.89. The van der Waals surface area contributed by atoms with Crippen molar-refractivity contribution in [1.82, 2.24) is 24.8 Å². The molecule has 0 spiro atoms. The predicted octanol–water partition coefficient (Wildman–Crippen LogP) is 5.35. The molecule has 3 heterocycles. The highest BCUT2D eigenvalue weighted by atomic mass is 16.5. The van der Waals surface area contributed by atoms with E-state index in [4.69, 9.17) is 19.4 Å². The van der Waals surface area contributed by atoms with Gasteiger partial charge in [-0.25, -0.2) is 14.8 Å². The Bertz CT molecular complexity index is 1480. The van der Waals surface area contributed by atoms with Crippen LogP contribution in [0.5, 0.6) is 5.75 Å². The number of aromatic nitrogens is 3. The minimum atomic E-state index is -0.972. The zero-order chi connectivity index (χ0) is 28.9. The Kier molecular flexibility index (Phi) is 8.90. The van der Waals surface area contributed by atoms with Crippen LogP contribution < -0.4 is 15.4 Å². The van der Waals surface area contributed by atoms with Crippen molar-refractivity contribution < 1.29 is 19.4 Å². The number of rotatable bonds is 11. The van der Waals surface area contributed by atoms with Crippen LogP contribution in [0.1, 0.15) is 45.5 Å². The van der Waals surface area contributed by atoms with Crippen LogP contribution in [0.4, 0.5) is 10.7 Å². The van der Waals surface area contributed by atoms with Gasteiger partial charge in [-0.05, 0) is 49.9 Å². The second-order valence-corrected chi connectivity index (χ2v) is 10.9. The van der Waals surface area contributed by atoms with Gasteiger partial charge in [0.1, 0.15) is 11.4 Å². The summed E-state index contributed by atoms with van der Waals surface area (Å²) in [5.74, 6) is 1.61. The van der Waals surface area contributed by atoms with Gasteiger partial charge in [-0.15, -0.1) is 0 Å². The molecule has 41 heavy (non-hydrogen) atoms. The maximum absolute atomic E-state index is 11.3. The van der Waals surface area contributed by atoms with Crippen LogP contribution in [0.15, 0.2) is 54.6 Å². The first-order valence-electron chi connectivity index (χ1n) is 14.4. The van der Waals surface area contributed by atoms with Crippen LogP contribution in [-0.2, 0) is 4.74 Å². The van der Waals surface area contributed by atoms with E-state index in [9.17, 15) is 9.90 Å². The first kappa shape index (κ1) is 28.6. The topological polar surface area (TPSA) is 114 Å². The van der Waals surface area contributed by atoms with Crippen molar-refractivity contribution in [2.24, 2.45) is 5.92 Å². The fourth-order valence-electron chi connectivity index (χ4n) is 5.57. The highest BCUT2D eigenvalue weighted by Crippen LogP contribution is 2.35. The van der Waals surface area contributed by atoms with Crippen LogP contribution >= 0.6 is 0 Å². The lowest BCUT2D eigenvalue weighted by molar-refractivity contribution is 0.0404. The monoisotopic (exact) mass is 560 g/mol. The molecule has 3 N–H and O–H groups in total. The van der Waals surface area contributed by atoms with Gasteiger partial charge in [0.05, 0.1) is 23.7 Å². The normalized spacial score (nSPS) is 16.2. The molecule has 10 heteroatoms. The number of benzene rings is 2. The number of nitrogens with one attached hydrogen (secondary N) is 2. The number of likely N-dealkylation sites (tertiary alicyclic amines) is 1. The van der Waals surface area contributed by atoms with E-state index in [1.54, 1.807) is 7.11 Å². The van der Waals surface area contributed by atoms with E-state index in [1.807, 2.05) is 69.3 Å². The van der Waals surface area contributed by atoms with Gasteiger partial charge < -0.3 is 30.1 Å². The second-order valence-electron chi connectivity index (χ2n) is 10.9. The third kappa shape index (κ3) is 6.39. The third-order valence-corrected chi connectivity index (χ3v) is 7.81. The molecule has 2 aromatic carbocycles. The Morgan fingerprint density at radius 1 is 1.07 bits per heavy atom. The summed E-state index contributed by atoms with van der Waals surface area (Å²) in [5.41, 5.74) is 3.38. The highest BCUT2D eigenvalue weighted by Gasteiger charge is 2.29. The molecule has 1 saturated heterocycles. The molecular weight excluding hydrogens is 520 g/mol. The lowest BCUT2D eigenvalue weighted by Gasteiger charge is -2.36. The SMILES string of the molecule is CCOC(c1nc2ccccc2cc1OC)n1c(NC2CCN(CC(NC(=O)O)C(C)C)CC2)nc2ccccc21. The van der Waals surface area contributed by atoms with Crippen LogP contribution in [-0.4, -0.2) is 76.1 Å². The number of nitrogens with zero attached hydrogens (tertiary/aromatic N) is 4. The molecule has 0 aliphatic carbocycles. The molecule has 1 fully saturated rings. The third-order valence-electron chi connectivity index (χ3n) is 7.81. The lowest BCUT2D eigenvalue weighted by Crippen LogP contribution is -2.49. The number of fused-ring (bicyclic) bond motifs is 2. The maximum Gasteiger partial charge on any atom is 0.404 e. The minimum absolute atomic E-state index is 0.0995. The van der Waals surface area contributed by atoms with E-state index in [2.05, 4.69) is 26.2 Å². The number of amides is 1. The summed E-state index contributed by atoms with van der Waals surface area (Å²) in [6.45, 7) is 9.01. The van der Waals surface area contributed by atoms with E-state index in [1.165, 1.54) is 0 Å². The summed E-state index contributed by atoms with van der Waals surface area (Å²) in [4.78, 5) is 23.6. The number of carboxylic acid groups (broad SMARTS) is 1. The summed E-state index contributed by atoms with van der Waals surface area (Å²) in [6.07, 6.45) is 0.305. The minimum Gasteiger partial charge on any atom is -0.495 e. The predicted molar refractivity (Wildman–Crippen MR) is 161 cm³/mol. The molecule has 0 bridgehead atoms. The number of carbonyl (C=O) groups is 1. The first-order valence-corrected chi connectivity index (χ1v) is 14.4. The molecule has 1 aliphatic rings. The van der Waals surface area contributed by atoms with Gasteiger partial charge in [0.15, 0.2) is 6.23 Å². The number of imidazole rings is 1. The summed E-state index contributed by atoms with van der Waals surface area (Å²) < 4.78 is 14.3. The Labute approximate surface area is 240 Å². The molecule has 10 nitrogen and oxygen atoms in total. The van der Waals surface area contributed by atoms with Gasteiger partial charge in [0.25, 0.3) is 0 Å². The molecule has 4 aromatic rings. The molecule has 2 atom stereocenters. The van der Waals surface area contributed by atoms with Crippen molar-refractivity contribution in [3.8, 4) is 5.75 Å². The van der Waals surface area contributed by atoms with Crippen LogP contribution in [0.3, 0.4) is 0 Å². The first-order chi connectivity index (χ1) is 19.9. The van der Waals surface area contributed by atoms with E-state index < -0.39 is 12.3 Å². The number of hydrogen-bond acceptors (Lipinski definition) is 7. The van der Waals surface area contributed by atoms with Crippen molar-refractivity contribution in [3.63, 3.8) is 0 Å². The Morgan fingerprint density at radius 3 is 2.46 bits per heavy atom. The van der Waals surface area contributed by atoms with Crippen LogP contribution in [0, 0.1) is 5.92 Å². The van der Waals surface area contributed by atoms with Gasteiger partial charge in [-0.2, -0.15) is 0 Å². The standard InChI is InChI=1S/C31H40N6O4/c1-5-41-29(28-27(40-4)18-21-10-6-7-11-23(21)33-28)37-26-13-9-8-12-24(26)34-30(37)32-22-14-16-36(17-15-22)19-25(20(2)3)35-31(38)39/h6-13,18,20,22,25,29,35H,5,14-17,19H2,1-4H3,(H,32,34)(H,38,39). The number of methoxy groups -OCH3 is 1. The van der Waals surface area contributed by atoms with Gasteiger partial charge in [-0.1, -0.05) is 44.2 Å². The number of piperidine rings is 1. The fourth-order valence-corrected chi connectivity index (χ4v) is 5.57. The van der Waals surface area contributed by atoms with Gasteiger partial charge in [0, 0.05) is 43.7 Å². The molecule has 5 rings (SSSR count). The largest absolute Gasteiger partial charge is 0.495 e. The maximum atomic E-state index is 11.3. The van der Waals surface area contributed by atoms with Crippen molar-refractivity contribution in [2.75, 3.05) is 38.7 Å². The molecule has 218 valence electrons. The lowest BCUT2D eigenvalue weighted by atomic mass is 10.0. The fraction of sp³-hybridized carbons (Fsp3) is 0.452. The molecule has 2 aromatic heterocycles. The number of ether oxygens (including phenoxy) is 2. The zero-order valence-electron chi connectivity index (χ0n) is 24.2.